The molecule has 4 nitrogen and oxygen atoms in total. The third-order valence-corrected chi connectivity index (χ3v) is 5.81. The Balaban J connectivity index is 1.65. The van der Waals surface area contributed by atoms with Gasteiger partial charge in [0.15, 0.2) is 0 Å². The summed E-state index contributed by atoms with van der Waals surface area (Å²) in [6, 6.07) is 3.81. The molecule has 132 valence electrons. The van der Waals surface area contributed by atoms with Crippen molar-refractivity contribution in [3.05, 3.63) is 29.1 Å². The van der Waals surface area contributed by atoms with Crippen LogP contribution < -0.4 is 5.73 Å². The van der Waals surface area contributed by atoms with E-state index in [0.29, 0.717) is 17.8 Å². The Morgan fingerprint density at radius 2 is 2.12 bits per heavy atom. The van der Waals surface area contributed by atoms with Crippen LogP contribution in [0.1, 0.15) is 37.3 Å². The summed E-state index contributed by atoms with van der Waals surface area (Å²) in [6.45, 7) is 7.78. The van der Waals surface area contributed by atoms with Gasteiger partial charge >= 0.3 is 0 Å². The lowest BCUT2D eigenvalue weighted by molar-refractivity contribution is -0.113. The predicted molar refractivity (Wildman–Crippen MR) is 94.2 cm³/mol. The summed E-state index contributed by atoms with van der Waals surface area (Å²) in [5, 5.41) is 0. The first-order valence-corrected chi connectivity index (χ1v) is 8.97. The second-order valence-corrected chi connectivity index (χ2v) is 7.40. The Labute approximate surface area is 143 Å². The second kappa shape index (κ2) is 7.19. The molecule has 0 bridgehead atoms. The van der Waals surface area contributed by atoms with E-state index in [1.54, 1.807) is 6.07 Å². The van der Waals surface area contributed by atoms with Crippen LogP contribution in [0.2, 0.25) is 0 Å². The minimum absolute atomic E-state index is 0.198. The molecule has 1 aromatic rings. The van der Waals surface area contributed by atoms with Crippen molar-refractivity contribution in [1.29, 1.82) is 0 Å². The summed E-state index contributed by atoms with van der Waals surface area (Å²) in [5.41, 5.74) is 8.36. The molecular weight excluding hydrogens is 305 g/mol. The topological polar surface area (TPSA) is 49.6 Å². The van der Waals surface area contributed by atoms with Gasteiger partial charge < -0.3 is 10.5 Å². The molecular formula is C19H28FN3O. The van der Waals surface area contributed by atoms with E-state index in [-0.39, 0.29) is 11.7 Å². The Hall–Kier alpha value is -1.46. The second-order valence-electron chi connectivity index (χ2n) is 7.40. The molecule has 0 amide bonds. The van der Waals surface area contributed by atoms with Crippen molar-refractivity contribution in [2.45, 2.75) is 51.7 Å². The Morgan fingerprint density at radius 1 is 1.33 bits per heavy atom. The molecule has 0 spiro atoms. The van der Waals surface area contributed by atoms with Gasteiger partial charge in [0.25, 0.3) is 0 Å². The zero-order chi connectivity index (χ0) is 17.3. The first kappa shape index (κ1) is 17.4. The molecule has 2 aliphatic rings. The fraction of sp³-hybridized carbons (Fsp3) is 0.632. The molecule has 5 heteroatoms. The number of piperazine rings is 1. The molecule has 2 N–H and O–H groups in total. The van der Waals surface area contributed by atoms with Crippen molar-refractivity contribution in [3.63, 3.8) is 0 Å². The Kier molecular flexibility index (Phi) is 5.21. The van der Waals surface area contributed by atoms with Crippen LogP contribution in [0.25, 0.3) is 0 Å². The molecule has 24 heavy (non-hydrogen) atoms. The maximum Gasteiger partial charge on any atom is 0.125 e. The molecule has 0 aromatic heterocycles. The summed E-state index contributed by atoms with van der Waals surface area (Å²) < 4.78 is 13.6. The van der Waals surface area contributed by atoms with Gasteiger partial charge in [-0.25, -0.2) is 4.39 Å². The van der Waals surface area contributed by atoms with Crippen LogP contribution in [-0.4, -0.2) is 47.8 Å². The van der Waals surface area contributed by atoms with E-state index >= 15 is 0 Å². The van der Waals surface area contributed by atoms with Gasteiger partial charge in [-0.05, 0) is 49.9 Å². The predicted octanol–water partition coefficient (Wildman–Crippen LogP) is 2.59. The summed E-state index contributed by atoms with van der Waals surface area (Å²) >= 11 is 0. The number of halogens is 1. The van der Waals surface area contributed by atoms with E-state index < -0.39 is 0 Å². The van der Waals surface area contributed by atoms with Crippen LogP contribution in [0.3, 0.4) is 0 Å². The van der Waals surface area contributed by atoms with E-state index in [2.05, 4.69) is 16.7 Å². The van der Waals surface area contributed by atoms with Crippen molar-refractivity contribution in [2.75, 3.05) is 25.4 Å². The highest BCUT2D eigenvalue weighted by Crippen LogP contribution is 2.31. The van der Waals surface area contributed by atoms with E-state index in [9.17, 15) is 9.18 Å². The summed E-state index contributed by atoms with van der Waals surface area (Å²) in [5.74, 6) is -0.0659. The van der Waals surface area contributed by atoms with Crippen LogP contribution in [0.4, 0.5) is 10.1 Å². The van der Waals surface area contributed by atoms with Gasteiger partial charge in [0.1, 0.15) is 12.1 Å². The van der Waals surface area contributed by atoms with E-state index in [0.717, 1.165) is 62.9 Å². The summed E-state index contributed by atoms with van der Waals surface area (Å²) in [6.07, 6.45) is 4.47. The third kappa shape index (κ3) is 3.47. The number of rotatable bonds is 4. The van der Waals surface area contributed by atoms with Gasteiger partial charge in [-0.1, -0.05) is 6.42 Å². The molecule has 3 unspecified atom stereocenters. The molecule has 1 aliphatic carbocycles. The average molecular weight is 333 g/mol. The summed E-state index contributed by atoms with van der Waals surface area (Å²) in [7, 11) is 0. The minimum atomic E-state index is -0.264. The van der Waals surface area contributed by atoms with E-state index in [1.807, 2.05) is 6.92 Å². The molecule has 1 aromatic carbocycles. The lowest BCUT2D eigenvalue weighted by Gasteiger charge is -2.44. The average Bonchev–Trinajstić information content (AvgIpc) is 3.00. The smallest absolute Gasteiger partial charge is 0.125 e. The number of carbonyl (C=O) groups excluding carboxylic acids is 1. The Morgan fingerprint density at radius 3 is 2.83 bits per heavy atom. The molecule has 3 atom stereocenters. The van der Waals surface area contributed by atoms with Crippen molar-refractivity contribution in [2.24, 2.45) is 5.92 Å². The number of nitrogens with two attached hydrogens (primary N) is 1. The zero-order valence-corrected chi connectivity index (χ0v) is 14.7. The number of nitrogen functional groups attached to an aromatic ring is 1. The maximum atomic E-state index is 13.6. The van der Waals surface area contributed by atoms with Crippen LogP contribution >= 0.6 is 0 Å². The monoisotopic (exact) mass is 333 g/mol. The largest absolute Gasteiger partial charge is 0.398 e. The molecule has 0 radical (unpaired) electrons. The van der Waals surface area contributed by atoms with Crippen molar-refractivity contribution >= 4 is 12.0 Å². The summed E-state index contributed by atoms with van der Waals surface area (Å²) in [4.78, 5) is 16.2. The molecule has 1 aliphatic heterocycles. The van der Waals surface area contributed by atoms with Crippen LogP contribution in [0.15, 0.2) is 12.1 Å². The molecule has 1 heterocycles. The van der Waals surface area contributed by atoms with Crippen LogP contribution in [0.5, 0.6) is 0 Å². The van der Waals surface area contributed by atoms with E-state index in [4.69, 9.17) is 5.73 Å². The first-order chi connectivity index (χ1) is 11.5. The number of nitrogens with zero attached hydrogens (tertiary/aromatic N) is 2. The van der Waals surface area contributed by atoms with E-state index in [1.165, 1.54) is 6.07 Å². The number of hydrogen-bond acceptors (Lipinski definition) is 4. The normalized spacial score (nSPS) is 29.0. The quantitative estimate of drug-likeness (QED) is 0.680. The maximum absolute atomic E-state index is 13.6. The number of anilines is 1. The number of hydrogen-bond donors (Lipinski definition) is 1. The van der Waals surface area contributed by atoms with Gasteiger partial charge in [-0.2, -0.15) is 0 Å². The number of aldehydes is 1. The fourth-order valence-electron chi connectivity index (χ4n) is 4.39. The Bertz CT molecular complexity index is 607. The van der Waals surface area contributed by atoms with Crippen LogP contribution in [0, 0.1) is 18.7 Å². The van der Waals surface area contributed by atoms with Gasteiger partial charge in [-0.15, -0.1) is 0 Å². The van der Waals surface area contributed by atoms with Crippen molar-refractivity contribution in [3.8, 4) is 0 Å². The number of carbonyl (C=O) groups is 1. The van der Waals surface area contributed by atoms with Crippen LogP contribution in [-0.2, 0) is 11.3 Å². The SMILES string of the molecule is Cc1c(N)cc(F)cc1CN1CCN(C2CCCC2C=O)C(C)C1. The third-order valence-electron chi connectivity index (χ3n) is 5.81. The highest BCUT2D eigenvalue weighted by atomic mass is 19.1. The molecule has 1 saturated carbocycles. The van der Waals surface area contributed by atoms with Crippen molar-refractivity contribution in [1.82, 2.24) is 9.80 Å². The zero-order valence-electron chi connectivity index (χ0n) is 14.7. The molecule has 3 rings (SSSR count). The molecule has 1 saturated heterocycles. The standard InChI is InChI=1S/C19H28FN3O/c1-13-10-22(11-16-8-17(20)9-18(21)14(16)2)6-7-23(13)19-5-3-4-15(19)12-24/h8-9,12-13,15,19H,3-7,10-11,21H2,1-2H3. The van der Waals surface area contributed by atoms with Crippen molar-refractivity contribution < 1.29 is 9.18 Å². The fourth-order valence-corrected chi connectivity index (χ4v) is 4.39. The van der Waals surface area contributed by atoms with Gasteiger partial charge in [0.05, 0.1) is 0 Å². The van der Waals surface area contributed by atoms with Gasteiger partial charge in [0, 0.05) is 49.9 Å². The van der Waals surface area contributed by atoms with Gasteiger partial charge in [-0.3, -0.25) is 9.80 Å². The number of benzene rings is 1. The lowest BCUT2D eigenvalue weighted by atomic mass is 10.00. The first-order valence-electron chi connectivity index (χ1n) is 8.97. The highest BCUT2D eigenvalue weighted by Gasteiger charge is 2.36. The minimum Gasteiger partial charge on any atom is -0.398 e. The lowest BCUT2D eigenvalue weighted by Crippen LogP contribution is -2.56. The van der Waals surface area contributed by atoms with Gasteiger partial charge in [0.2, 0.25) is 0 Å². The molecule has 2 fully saturated rings. The highest BCUT2D eigenvalue weighted by molar-refractivity contribution is 5.55.